The summed E-state index contributed by atoms with van der Waals surface area (Å²) in [7, 11) is 0. The number of hydrogen-bond acceptors (Lipinski definition) is 3. The van der Waals surface area contributed by atoms with Gasteiger partial charge in [-0.2, -0.15) is 0 Å². The van der Waals surface area contributed by atoms with E-state index in [1.165, 1.54) is 11.3 Å². The fraction of sp³-hybridized carbons (Fsp3) is 0.545. The number of amides is 1. The largest absolute Gasteiger partial charge is 0.372 e. The highest BCUT2D eigenvalue weighted by Crippen LogP contribution is 2.24. The number of rotatable bonds is 1. The highest BCUT2D eigenvalue weighted by Gasteiger charge is 2.27. The van der Waals surface area contributed by atoms with E-state index in [9.17, 15) is 4.79 Å². The predicted octanol–water partition coefficient (Wildman–Crippen LogP) is 2.76. The molecule has 1 aromatic heterocycles. The van der Waals surface area contributed by atoms with Crippen LogP contribution < -0.4 is 0 Å². The standard InChI is InChI=1S/C11H14BrNO2S/c1-7-5-13(6-8(2)15-7)11(14)9-3-4-10(12)16-9/h3-4,7-8H,5-6H2,1-2H3/t7-,8-/m0/s1. The number of ether oxygens (including phenoxy) is 1. The van der Waals surface area contributed by atoms with Crippen molar-refractivity contribution >= 4 is 33.2 Å². The molecule has 1 aromatic rings. The average Bonchev–Trinajstić information content (AvgIpc) is 2.62. The molecule has 0 aromatic carbocycles. The molecule has 0 aliphatic carbocycles. The summed E-state index contributed by atoms with van der Waals surface area (Å²) in [4.78, 5) is 14.8. The summed E-state index contributed by atoms with van der Waals surface area (Å²) in [6.45, 7) is 5.36. The van der Waals surface area contributed by atoms with Crippen molar-refractivity contribution in [1.82, 2.24) is 4.90 Å². The summed E-state index contributed by atoms with van der Waals surface area (Å²) >= 11 is 4.85. The second-order valence-corrected chi connectivity index (χ2v) is 6.53. The normalized spacial score (nSPS) is 25.8. The number of nitrogens with zero attached hydrogens (tertiary/aromatic N) is 1. The van der Waals surface area contributed by atoms with Crippen molar-refractivity contribution in [3.8, 4) is 0 Å². The maximum absolute atomic E-state index is 12.2. The van der Waals surface area contributed by atoms with Crippen LogP contribution in [-0.2, 0) is 4.74 Å². The Bertz CT molecular complexity index is 383. The molecule has 2 atom stereocenters. The molecule has 2 heterocycles. The van der Waals surface area contributed by atoms with E-state index in [0.29, 0.717) is 13.1 Å². The lowest BCUT2D eigenvalue weighted by atomic mass is 10.2. The molecule has 1 aliphatic rings. The minimum atomic E-state index is 0.109. The molecule has 1 fully saturated rings. The van der Waals surface area contributed by atoms with Crippen LogP contribution in [0.1, 0.15) is 23.5 Å². The van der Waals surface area contributed by atoms with Gasteiger partial charge in [-0.05, 0) is 41.9 Å². The Balaban J connectivity index is 2.09. The van der Waals surface area contributed by atoms with Crippen molar-refractivity contribution in [1.29, 1.82) is 0 Å². The van der Waals surface area contributed by atoms with Crippen LogP contribution >= 0.6 is 27.3 Å². The smallest absolute Gasteiger partial charge is 0.264 e. The fourth-order valence-electron chi connectivity index (χ4n) is 1.93. The predicted molar refractivity (Wildman–Crippen MR) is 67.9 cm³/mol. The van der Waals surface area contributed by atoms with Gasteiger partial charge in [-0.15, -0.1) is 11.3 Å². The monoisotopic (exact) mass is 303 g/mol. The molecule has 88 valence electrons. The third-order valence-corrected chi connectivity index (χ3v) is 4.10. The van der Waals surface area contributed by atoms with Crippen molar-refractivity contribution in [2.45, 2.75) is 26.1 Å². The van der Waals surface area contributed by atoms with Gasteiger partial charge < -0.3 is 9.64 Å². The Kier molecular flexibility index (Phi) is 3.66. The fourth-order valence-corrected chi connectivity index (χ4v) is 3.28. The van der Waals surface area contributed by atoms with Crippen LogP contribution in [0.5, 0.6) is 0 Å². The topological polar surface area (TPSA) is 29.5 Å². The zero-order valence-electron chi connectivity index (χ0n) is 9.27. The summed E-state index contributed by atoms with van der Waals surface area (Å²) in [6.07, 6.45) is 0.243. The van der Waals surface area contributed by atoms with Crippen molar-refractivity contribution < 1.29 is 9.53 Å². The molecule has 0 radical (unpaired) electrons. The number of carbonyl (C=O) groups is 1. The number of hydrogen-bond donors (Lipinski definition) is 0. The molecular weight excluding hydrogens is 290 g/mol. The van der Waals surface area contributed by atoms with E-state index in [1.54, 1.807) is 0 Å². The van der Waals surface area contributed by atoms with Gasteiger partial charge in [0.2, 0.25) is 0 Å². The third kappa shape index (κ3) is 2.64. The lowest BCUT2D eigenvalue weighted by molar-refractivity contribution is -0.0585. The molecule has 3 nitrogen and oxygen atoms in total. The molecule has 0 saturated carbocycles. The van der Waals surface area contributed by atoms with E-state index in [0.717, 1.165) is 8.66 Å². The van der Waals surface area contributed by atoms with Gasteiger partial charge in [0, 0.05) is 13.1 Å². The second-order valence-electron chi connectivity index (χ2n) is 4.07. The van der Waals surface area contributed by atoms with Crippen LogP contribution in [0.3, 0.4) is 0 Å². The quantitative estimate of drug-likeness (QED) is 0.798. The van der Waals surface area contributed by atoms with E-state index in [-0.39, 0.29) is 18.1 Å². The Hall–Kier alpha value is -0.390. The lowest BCUT2D eigenvalue weighted by Gasteiger charge is -2.35. The molecular formula is C11H14BrNO2S. The van der Waals surface area contributed by atoms with E-state index >= 15 is 0 Å². The Morgan fingerprint density at radius 1 is 1.44 bits per heavy atom. The van der Waals surface area contributed by atoms with Crippen LogP contribution in [0.25, 0.3) is 0 Å². The third-order valence-electron chi connectivity index (χ3n) is 2.49. The van der Waals surface area contributed by atoms with Gasteiger partial charge in [-0.3, -0.25) is 4.79 Å². The number of carbonyl (C=O) groups excluding carboxylic acids is 1. The minimum absolute atomic E-state index is 0.109. The van der Waals surface area contributed by atoms with Gasteiger partial charge in [0.15, 0.2) is 0 Å². The molecule has 2 rings (SSSR count). The van der Waals surface area contributed by atoms with E-state index in [4.69, 9.17) is 4.74 Å². The van der Waals surface area contributed by atoms with Gasteiger partial charge in [0.25, 0.3) is 5.91 Å². The summed E-state index contributed by atoms with van der Waals surface area (Å²) in [6, 6.07) is 3.77. The van der Waals surface area contributed by atoms with Gasteiger partial charge in [0.1, 0.15) is 0 Å². The van der Waals surface area contributed by atoms with Gasteiger partial charge >= 0.3 is 0 Å². The maximum atomic E-state index is 12.2. The molecule has 0 bridgehead atoms. The molecule has 16 heavy (non-hydrogen) atoms. The molecule has 1 amide bonds. The molecule has 1 saturated heterocycles. The molecule has 1 aliphatic heterocycles. The van der Waals surface area contributed by atoms with E-state index in [2.05, 4.69) is 15.9 Å². The Morgan fingerprint density at radius 3 is 2.56 bits per heavy atom. The van der Waals surface area contributed by atoms with Gasteiger partial charge in [-0.25, -0.2) is 0 Å². The van der Waals surface area contributed by atoms with Crippen LogP contribution in [0.2, 0.25) is 0 Å². The van der Waals surface area contributed by atoms with Crippen molar-refractivity contribution in [2.75, 3.05) is 13.1 Å². The molecule has 5 heteroatoms. The first-order valence-electron chi connectivity index (χ1n) is 5.26. The molecule has 0 unspecified atom stereocenters. The molecule has 0 spiro atoms. The highest BCUT2D eigenvalue weighted by molar-refractivity contribution is 9.11. The first kappa shape index (κ1) is 12.1. The van der Waals surface area contributed by atoms with Crippen LogP contribution in [0.15, 0.2) is 15.9 Å². The maximum Gasteiger partial charge on any atom is 0.264 e. The van der Waals surface area contributed by atoms with Crippen molar-refractivity contribution in [3.63, 3.8) is 0 Å². The van der Waals surface area contributed by atoms with Gasteiger partial charge in [-0.1, -0.05) is 0 Å². The zero-order valence-corrected chi connectivity index (χ0v) is 11.7. The zero-order chi connectivity index (χ0) is 11.7. The highest BCUT2D eigenvalue weighted by atomic mass is 79.9. The first-order valence-corrected chi connectivity index (χ1v) is 6.87. The van der Waals surface area contributed by atoms with Gasteiger partial charge in [0.05, 0.1) is 20.9 Å². The Labute approximate surface area is 108 Å². The SMILES string of the molecule is C[C@H]1CN(C(=O)c2ccc(Br)s2)C[C@H](C)O1. The summed E-state index contributed by atoms with van der Waals surface area (Å²) in [5.41, 5.74) is 0. The number of halogens is 1. The van der Waals surface area contributed by atoms with Crippen molar-refractivity contribution in [3.05, 3.63) is 20.8 Å². The Morgan fingerprint density at radius 2 is 2.06 bits per heavy atom. The van der Waals surface area contributed by atoms with Crippen molar-refractivity contribution in [2.24, 2.45) is 0 Å². The summed E-state index contributed by atoms with van der Waals surface area (Å²) < 4.78 is 6.60. The molecule has 0 N–H and O–H groups in total. The first-order chi connectivity index (χ1) is 7.56. The van der Waals surface area contributed by atoms with E-state index < -0.39 is 0 Å². The number of thiophene rings is 1. The second kappa shape index (κ2) is 4.85. The minimum Gasteiger partial charge on any atom is -0.372 e. The van der Waals surface area contributed by atoms with Crippen LogP contribution in [-0.4, -0.2) is 36.1 Å². The average molecular weight is 304 g/mol. The van der Waals surface area contributed by atoms with Crippen LogP contribution in [0, 0.1) is 0 Å². The summed E-state index contributed by atoms with van der Waals surface area (Å²) in [5, 5.41) is 0. The van der Waals surface area contributed by atoms with E-state index in [1.807, 2.05) is 30.9 Å². The lowest BCUT2D eigenvalue weighted by Crippen LogP contribution is -2.48. The number of morpholine rings is 1. The van der Waals surface area contributed by atoms with Crippen LogP contribution in [0.4, 0.5) is 0 Å². The summed E-state index contributed by atoms with van der Waals surface area (Å²) in [5.74, 6) is 0.109.